The van der Waals surface area contributed by atoms with Gasteiger partial charge in [0.1, 0.15) is 5.75 Å². The fourth-order valence-electron chi connectivity index (χ4n) is 2.47. The van der Waals surface area contributed by atoms with E-state index in [2.05, 4.69) is 0 Å². The summed E-state index contributed by atoms with van der Waals surface area (Å²) in [5, 5.41) is 9.53. The Labute approximate surface area is 117 Å². The molecule has 0 aromatic heterocycles. The predicted octanol–water partition coefficient (Wildman–Crippen LogP) is 2.41. The van der Waals surface area contributed by atoms with Gasteiger partial charge in [-0.05, 0) is 48.4 Å². The first kappa shape index (κ1) is 12.8. The van der Waals surface area contributed by atoms with Crippen LogP contribution in [0.5, 0.6) is 17.2 Å². The van der Waals surface area contributed by atoms with E-state index in [1.165, 1.54) is 0 Å². The Morgan fingerprint density at radius 1 is 1.10 bits per heavy atom. The molecule has 0 spiro atoms. The van der Waals surface area contributed by atoms with Gasteiger partial charge < -0.3 is 20.3 Å². The van der Waals surface area contributed by atoms with Gasteiger partial charge in [-0.25, -0.2) is 0 Å². The van der Waals surface area contributed by atoms with Crippen molar-refractivity contribution in [3.05, 3.63) is 53.6 Å². The van der Waals surface area contributed by atoms with Crippen molar-refractivity contribution in [3.8, 4) is 17.2 Å². The zero-order chi connectivity index (χ0) is 13.9. The van der Waals surface area contributed by atoms with Crippen LogP contribution in [-0.2, 0) is 6.42 Å². The zero-order valence-electron chi connectivity index (χ0n) is 11.1. The molecule has 2 aromatic carbocycles. The Balaban J connectivity index is 1.83. The first-order chi connectivity index (χ1) is 9.76. The number of ether oxygens (including phenoxy) is 2. The highest BCUT2D eigenvalue weighted by atomic mass is 16.7. The first-order valence-electron chi connectivity index (χ1n) is 6.64. The topological polar surface area (TPSA) is 64.7 Å². The molecule has 3 N–H and O–H groups in total. The minimum Gasteiger partial charge on any atom is -0.508 e. The maximum absolute atomic E-state index is 9.53. The van der Waals surface area contributed by atoms with Crippen molar-refractivity contribution < 1.29 is 14.6 Å². The highest BCUT2D eigenvalue weighted by molar-refractivity contribution is 5.46. The second-order valence-electron chi connectivity index (χ2n) is 4.92. The summed E-state index contributed by atoms with van der Waals surface area (Å²) in [7, 11) is 0. The number of aromatic hydroxyl groups is 1. The fourth-order valence-corrected chi connectivity index (χ4v) is 2.47. The molecule has 2 aromatic rings. The highest BCUT2D eigenvalue weighted by Crippen LogP contribution is 2.35. The Hall–Kier alpha value is -2.20. The van der Waals surface area contributed by atoms with E-state index in [0.29, 0.717) is 6.54 Å². The average molecular weight is 271 g/mol. The van der Waals surface area contributed by atoms with Crippen LogP contribution in [0.3, 0.4) is 0 Å². The summed E-state index contributed by atoms with van der Waals surface area (Å²) in [4.78, 5) is 0. The molecular weight excluding hydrogens is 254 g/mol. The van der Waals surface area contributed by atoms with Crippen molar-refractivity contribution in [2.75, 3.05) is 13.3 Å². The Morgan fingerprint density at radius 2 is 1.95 bits per heavy atom. The quantitative estimate of drug-likeness (QED) is 0.896. The summed E-state index contributed by atoms with van der Waals surface area (Å²) in [6.45, 7) is 0.813. The smallest absolute Gasteiger partial charge is 0.231 e. The van der Waals surface area contributed by atoms with Crippen molar-refractivity contribution >= 4 is 0 Å². The van der Waals surface area contributed by atoms with Gasteiger partial charge in [0.2, 0.25) is 6.79 Å². The third-order valence-corrected chi connectivity index (χ3v) is 3.55. The van der Waals surface area contributed by atoms with E-state index >= 15 is 0 Å². The zero-order valence-corrected chi connectivity index (χ0v) is 11.1. The molecule has 0 amide bonds. The number of nitrogens with two attached hydrogens (primary N) is 1. The molecule has 3 rings (SSSR count). The number of phenols is 1. The summed E-state index contributed by atoms with van der Waals surface area (Å²) in [5.74, 6) is 2.02. The molecule has 1 aliphatic rings. The Kier molecular flexibility index (Phi) is 3.48. The molecule has 4 nitrogen and oxygen atoms in total. The molecule has 0 bridgehead atoms. The Bertz CT molecular complexity index is 612. The van der Waals surface area contributed by atoms with Gasteiger partial charge in [0, 0.05) is 5.92 Å². The fraction of sp³-hybridized carbons (Fsp3) is 0.250. The number of hydrogen-bond acceptors (Lipinski definition) is 4. The lowest BCUT2D eigenvalue weighted by molar-refractivity contribution is 0.174. The van der Waals surface area contributed by atoms with Crippen LogP contribution < -0.4 is 15.2 Å². The number of benzene rings is 2. The van der Waals surface area contributed by atoms with Crippen LogP contribution in [0.25, 0.3) is 0 Å². The van der Waals surface area contributed by atoms with Gasteiger partial charge in [-0.15, -0.1) is 0 Å². The number of phenolic OH excluding ortho intramolecular Hbond substituents is 1. The van der Waals surface area contributed by atoms with Crippen molar-refractivity contribution in [1.82, 2.24) is 0 Å². The lowest BCUT2D eigenvalue weighted by atomic mass is 9.92. The Morgan fingerprint density at radius 3 is 2.75 bits per heavy atom. The second kappa shape index (κ2) is 5.43. The summed E-state index contributed by atoms with van der Waals surface area (Å²) in [6.07, 6.45) is 0.782. The molecule has 20 heavy (non-hydrogen) atoms. The SMILES string of the molecule is NCC(Cc1cccc(O)c1)c1ccc2c(c1)OCO2. The maximum atomic E-state index is 9.53. The first-order valence-corrected chi connectivity index (χ1v) is 6.64. The molecule has 1 atom stereocenters. The van der Waals surface area contributed by atoms with Crippen molar-refractivity contribution in [1.29, 1.82) is 0 Å². The van der Waals surface area contributed by atoms with E-state index < -0.39 is 0 Å². The van der Waals surface area contributed by atoms with E-state index in [4.69, 9.17) is 15.2 Å². The van der Waals surface area contributed by atoms with Gasteiger partial charge >= 0.3 is 0 Å². The molecular formula is C16H17NO3. The van der Waals surface area contributed by atoms with Gasteiger partial charge in [0.15, 0.2) is 11.5 Å². The average Bonchev–Trinajstić information content (AvgIpc) is 2.92. The van der Waals surface area contributed by atoms with Crippen molar-refractivity contribution in [2.24, 2.45) is 5.73 Å². The lowest BCUT2D eigenvalue weighted by Crippen LogP contribution is -2.15. The van der Waals surface area contributed by atoms with Crippen LogP contribution in [0, 0.1) is 0 Å². The molecule has 1 heterocycles. The minimum absolute atomic E-state index is 0.186. The van der Waals surface area contributed by atoms with Gasteiger partial charge in [-0.3, -0.25) is 0 Å². The van der Waals surface area contributed by atoms with Crippen molar-refractivity contribution in [3.63, 3.8) is 0 Å². The monoisotopic (exact) mass is 271 g/mol. The standard InChI is InChI=1S/C16H17NO3/c17-9-13(6-11-2-1-3-14(18)7-11)12-4-5-15-16(8-12)20-10-19-15/h1-5,7-8,13,18H,6,9-10,17H2. The molecule has 4 heteroatoms. The summed E-state index contributed by atoms with van der Waals surface area (Å²) < 4.78 is 10.7. The normalized spacial score (nSPS) is 14.2. The molecule has 1 aliphatic heterocycles. The van der Waals surface area contributed by atoms with Crippen molar-refractivity contribution in [2.45, 2.75) is 12.3 Å². The van der Waals surface area contributed by atoms with Crippen LogP contribution in [-0.4, -0.2) is 18.4 Å². The van der Waals surface area contributed by atoms with Crippen LogP contribution >= 0.6 is 0 Å². The van der Waals surface area contributed by atoms with Crippen LogP contribution in [0.15, 0.2) is 42.5 Å². The number of fused-ring (bicyclic) bond motifs is 1. The number of rotatable bonds is 4. The maximum Gasteiger partial charge on any atom is 0.231 e. The second-order valence-corrected chi connectivity index (χ2v) is 4.92. The highest BCUT2D eigenvalue weighted by Gasteiger charge is 2.17. The molecule has 0 aliphatic carbocycles. The lowest BCUT2D eigenvalue weighted by Gasteiger charge is -2.16. The number of hydrogen-bond donors (Lipinski definition) is 2. The molecule has 0 radical (unpaired) electrons. The molecule has 0 fully saturated rings. The van der Waals surface area contributed by atoms with Gasteiger partial charge in [-0.1, -0.05) is 18.2 Å². The third kappa shape index (κ3) is 2.56. The van der Waals surface area contributed by atoms with E-state index in [0.717, 1.165) is 29.0 Å². The minimum atomic E-state index is 0.186. The molecule has 0 saturated heterocycles. The van der Waals surface area contributed by atoms with Gasteiger partial charge in [0.25, 0.3) is 0 Å². The van der Waals surface area contributed by atoms with E-state index in [1.807, 2.05) is 30.3 Å². The predicted molar refractivity (Wildman–Crippen MR) is 76.2 cm³/mol. The van der Waals surface area contributed by atoms with E-state index in [-0.39, 0.29) is 18.5 Å². The van der Waals surface area contributed by atoms with Crippen LogP contribution in [0.1, 0.15) is 17.0 Å². The largest absolute Gasteiger partial charge is 0.508 e. The van der Waals surface area contributed by atoms with E-state index in [9.17, 15) is 5.11 Å². The van der Waals surface area contributed by atoms with Gasteiger partial charge in [-0.2, -0.15) is 0 Å². The molecule has 1 unspecified atom stereocenters. The summed E-state index contributed by atoms with van der Waals surface area (Å²) in [5.41, 5.74) is 8.09. The van der Waals surface area contributed by atoms with Crippen LogP contribution in [0.4, 0.5) is 0 Å². The van der Waals surface area contributed by atoms with Crippen LogP contribution in [0.2, 0.25) is 0 Å². The third-order valence-electron chi connectivity index (χ3n) is 3.55. The van der Waals surface area contributed by atoms with E-state index in [1.54, 1.807) is 12.1 Å². The van der Waals surface area contributed by atoms with Gasteiger partial charge in [0.05, 0.1) is 0 Å². The molecule has 104 valence electrons. The molecule has 0 saturated carbocycles. The summed E-state index contributed by atoms with van der Waals surface area (Å²) in [6, 6.07) is 13.2. The summed E-state index contributed by atoms with van der Waals surface area (Å²) >= 11 is 0.